The number of nitrogens with zero attached hydrogens (tertiary/aromatic N) is 1. The van der Waals surface area contributed by atoms with Gasteiger partial charge in [-0.1, -0.05) is 6.07 Å². The van der Waals surface area contributed by atoms with Gasteiger partial charge in [0.2, 0.25) is 5.91 Å². The number of rotatable bonds is 5. The molecule has 2 aromatic rings. The Balaban J connectivity index is 2.36. The Labute approximate surface area is 144 Å². The summed E-state index contributed by atoms with van der Waals surface area (Å²) in [5.74, 6) is -0.558. The largest absolute Gasteiger partial charge is 0.497 e. The zero-order valence-corrected chi connectivity index (χ0v) is 14.0. The van der Waals surface area contributed by atoms with Crippen LogP contribution in [0.2, 0.25) is 0 Å². The molecular formula is C17H17N3O5. The second-order valence-corrected chi connectivity index (χ2v) is 5.31. The summed E-state index contributed by atoms with van der Waals surface area (Å²) in [6.07, 6.45) is 0. The molecule has 0 radical (unpaired) electrons. The van der Waals surface area contributed by atoms with Gasteiger partial charge < -0.3 is 15.4 Å². The Kier molecular flexibility index (Phi) is 5.33. The second kappa shape index (κ2) is 7.43. The van der Waals surface area contributed by atoms with Gasteiger partial charge in [-0.2, -0.15) is 0 Å². The Hall–Kier alpha value is -3.42. The molecule has 0 spiro atoms. The standard InChI is InChI=1S/C17H17N3O5/c1-10-4-5-12(18-11(2)21)8-15(10)19-17(22)14-9-13(25-3)6-7-16(14)20(23)24/h4-9H,1-3H3,(H,18,21)(H,19,22). The highest BCUT2D eigenvalue weighted by Gasteiger charge is 2.21. The molecular weight excluding hydrogens is 326 g/mol. The SMILES string of the molecule is COc1ccc([N+](=O)[O-])c(C(=O)Nc2cc(NC(C)=O)ccc2C)c1. The Morgan fingerprint density at radius 2 is 1.84 bits per heavy atom. The van der Waals surface area contributed by atoms with Gasteiger partial charge in [0, 0.05) is 24.4 Å². The van der Waals surface area contributed by atoms with Gasteiger partial charge in [-0.05, 0) is 36.8 Å². The number of hydrogen-bond acceptors (Lipinski definition) is 5. The second-order valence-electron chi connectivity index (χ2n) is 5.31. The van der Waals surface area contributed by atoms with Crippen molar-refractivity contribution in [3.8, 4) is 5.75 Å². The van der Waals surface area contributed by atoms with Gasteiger partial charge in [0.1, 0.15) is 11.3 Å². The van der Waals surface area contributed by atoms with Crippen LogP contribution in [0.4, 0.5) is 17.1 Å². The maximum atomic E-state index is 12.5. The maximum Gasteiger partial charge on any atom is 0.282 e. The predicted molar refractivity (Wildman–Crippen MR) is 93.1 cm³/mol. The van der Waals surface area contributed by atoms with Crippen LogP contribution in [-0.4, -0.2) is 23.8 Å². The molecule has 0 saturated carbocycles. The van der Waals surface area contributed by atoms with E-state index in [4.69, 9.17) is 4.74 Å². The quantitative estimate of drug-likeness (QED) is 0.640. The van der Waals surface area contributed by atoms with E-state index in [-0.39, 0.29) is 17.2 Å². The number of hydrogen-bond donors (Lipinski definition) is 2. The first-order chi connectivity index (χ1) is 11.8. The maximum absolute atomic E-state index is 12.5. The number of benzene rings is 2. The van der Waals surface area contributed by atoms with Crippen LogP contribution in [0.5, 0.6) is 5.75 Å². The summed E-state index contributed by atoms with van der Waals surface area (Å²) in [7, 11) is 1.41. The number of amides is 2. The minimum absolute atomic E-state index is 0.117. The fourth-order valence-electron chi connectivity index (χ4n) is 2.21. The number of nitro benzene ring substituents is 1. The smallest absolute Gasteiger partial charge is 0.282 e. The van der Waals surface area contributed by atoms with Crippen LogP contribution in [0, 0.1) is 17.0 Å². The molecule has 0 atom stereocenters. The van der Waals surface area contributed by atoms with E-state index in [1.807, 2.05) is 0 Å². The highest BCUT2D eigenvalue weighted by molar-refractivity contribution is 6.08. The molecule has 0 fully saturated rings. The molecule has 0 unspecified atom stereocenters. The average Bonchev–Trinajstić information content (AvgIpc) is 2.56. The highest BCUT2D eigenvalue weighted by atomic mass is 16.6. The first-order valence-corrected chi connectivity index (χ1v) is 7.34. The normalized spacial score (nSPS) is 10.0. The van der Waals surface area contributed by atoms with Crippen molar-refractivity contribution in [2.24, 2.45) is 0 Å². The Bertz CT molecular complexity index is 848. The first-order valence-electron chi connectivity index (χ1n) is 7.34. The van der Waals surface area contributed by atoms with Crippen LogP contribution in [0.15, 0.2) is 36.4 Å². The Morgan fingerprint density at radius 1 is 1.12 bits per heavy atom. The number of anilines is 2. The van der Waals surface area contributed by atoms with E-state index < -0.39 is 10.8 Å². The molecule has 8 nitrogen and oxygen atoms in total. The molecule has 0 aromatic heterocycles. The molecule has 0 saturated heterocycles. The van der Waals surface area contributed by atoms with Crippen LogP contribution >= 0.6 is 0 Å². The topological polar surface area (TPSA) is 111 Å². The third-order valence-corrected chi connectivity index (χ3v) is 3.45. The van der Waals surface area contributed by atoms with Gasteiger partial charge in [0.25, 0.3) is 11.6 Å². The van der Waals surface area contributed by atoms with E-state index in [1.165, 1.54) is 32.2 Å². The van der Waals surface area contributed by atoms with Crippen LogP contribution in [-0.2, 0) is 4.79 Å². The summed E-state index contributed by atoms with van der Waals surface area (Å²) in [6, 6.07) is 8.94. The molecule has 0 bridgehead atoms. The van der Waals surface area contributed by atoms with Gasteiger partial charge in [0.05, 0.1) is 12.0 Å². The van der Waals surface area contributed by atoms with Gasteiger partial charge in [-0.15, -0.1) is 0 Å². The molecule has 2 N–H and O–H groups in total. The Morgan fingerprint density at radius 3 is 2.44 bits per heavy atom. The molecule has 2 rings (SSSR count). The van der Waals surface area contributed by atoms with E-state index in [2.05, 4.69) is 10.6 Å². The molecule has 0 aliphatic heterocycles. The molecule has 0 heterocycles. The molecule has 25 heavy (non-hydrogen) atoms. The van der Waals surface area contributed by atoms with Crippen LogP contribution in [0.25, 0.3) is 0 Å². The number of methoxy groups -OCH3 is 1. The van der Waals surface area contributed by atoms with Gasteiger partial charge >= 0.3 is 0 Å². The first kappa shape index (κ1) is 17.9. The predicted octanol–water partition coefficient (Wildman–Crippen LogP) is 3.12. The number of ether oxygens (including phenoxy) is 1. The van der Waals surface area contributed by atoms with Gasteiger partial charge in [-0.25, -0.2) is 0 Å². The lowest BCUT2D eigenvalue weighted by Gasteiger charge is -2.12. The zero-order valence-electron chi connectivity index (χ0n) is 14.0. The number of aryl methyl sites for hydroxylation is 1. The minimum atomic E-state index is -0.645. The third kappa shape index (κ3) is 4.31. The summed E-state index contributed by atoms with van der Waals surface area (Å²) in [6.45, 7) is 3.14. The van der Waals surface area contributed by atoms with Gasteiger partial charge in [-0.3, -0.25) is 19.7 Å². The molecule has 8 heteroatoms. The lowest BCUT2D eigenvalue weighted by molar-refractivity contribution is -0.385. The molecule has 2 amide bonds. The molecule has 0 aliphatic rings. The van der Waals surface area contributed by atoms with Gasteiger partial charge in [0.15, 0.2) is 0 Å². The molecule has 130 valence electrons. The van der Waals surface area contributed by atoms with Crippen molar-refractivity contribution in [1.82, 2.24) is 0 Å². The van der Waals surface area contributed by atoms with Crippen LogP contribution in [0.1, 0.15) is 22.8 Å². The zero-order chi connectivity index (χ0) is 18.6. The third-order valence-electron chi connectivity index (χ3n) is 3.45. The van der Waals surface area contributed by atoms with E-state index in [0.717, 1.165) is 5.56 Å². The summed E-state index contributed by atoms with van der Waals surface area (Å²) < 4.78 is 5.03. The lowest BCUT2D eigenvalue weighted by atomic mass is 10.1. The van der Waals surface area contributed by atoms with E-state index in [9.17, 15) is 19.7 Å². The molecule has 2 aromatic carbocycles. The van der Waals surface area contributed by atoms with Crippen molar-refractivity contribution >= 4 is 28.9 Å². The van der Waals surface area contributed by atoms with Crippen molar-refractivity contribution in [3.05, 3.63) is 57.6 Å². The summed E-state index contributed by atoms with van der Waals surface area (Å²) >= 11 is 0. The van der Waals surface area contributed by atoms with Crippen molar-refractivity contribution in [2.75, 3.05) is 17.7 Å². The number of nitrogens with one attached hydrogen (secondary N) is 2. The van der Waals surface area contributed by atoms with E-state index in [0.29, 0.717) is 17.1 Å². The fraction of sp³-hybridized carbons (Fsp3) is 0.176. The lowest BCUT2D eigenvalue weighted by Crippen LogP contribution is -2.15. The number of carbonyl (C=O) groups is 2. The van der Waals surface area contributed by atoms with E-state index >= 15 is 0 Å². The molecule has 0 aliphatic carbocycles. The van der Waals surface area contributed by atoms with Crippen LogP contribution < -0.4 is 15.4 Å². The number of nitro groups is 1. The van der Waals surface area contributed by atoms with Crippen molar-refractivity contribution in [2.45, 2.75) is 13.8 Å². The minimum Gasteiger partial charge on any atom is -0.497 e. The average molecular weight is 343 g/mol. The van der Waals surface area contributed by atoms with Crippen molar-refractivity contribution in [3.63, 3.8) is 0 Å². The summed E-state index contributed by atoms with van der Waals surface area (Å²) in [4.78, 5) is 34.2. The van der Waals surface area contributed by atoms with Crippen LogP contribution in [0.3, 0.4) is 0 Å². The highest BCUT2D eigenvalue weighted by Crippen LogP contribution is 2.26. The summed E-state index contributed by atoms with van der Waals surface area (Å²) in [5.41, 5.74) is 1.25. The number of carbonyl (C=O) groups excluding carboxylic acids is 2. The summed E-state index contributed by atoms with van der Waals surface area (Å²) in [5, 5.41) is 16.4. The fourth-order valence-corrected chi connectivity index (χ4v) is 2.21. The van der Waals surface area contributed by atoms with E-state index in [1.54, 1.807) is 25.1 Å². The monoisotopic (exact) mass is 343 g/mol. The van der Waals surface area contributed by atoms with Crippen molar-refractivity contribution < 1.29 is 19.2 Å². The van der Waals surface area contributed by atoms with Crippen molar-refractivity contribution in [1.29, 1.82) is 0 Å².